The molecule has 0 saturated carbocycles. The summed E-state index contributed by atoms with van der Waals surface area (Å²) in [7, 11) is 0. The highest BCUT2D eigenvalue weighted by Gasteiger charge is 2.25. The van der Waals surface area contributed by atoms with Crippen molar-refractivity contribution in [1.82, 2.24) is 0 Å². The molecule has 14 heavy (non-hydrogen) atoms. The lowest BCUT2D eigenvalue weighted by molar-refractivity contribution is 0.181. The summed E-state index contributed by atoms with van der Waals surface area (Å²) >= 11 is 0. The second kappa shape index (κ2) is 3.00. The number of benzene rings is 2. The summed E-state index contributed by atoms with van der Waals surface area (Å²) in [5, 5.41) is 2.34. The van der Waals surface area contributed by atoms with E-state index in [0.29, 0.717) is 6.61 Å². The van der Waals surface area contributed by atoms with E-state index in [1.807, 2.05) is 24.3 Å². The van der Waals surface area contributed by atoms with E-state index in [0.717, 1.165) is 11.1 Å². The van der Waals surface area contributed by atoms with E-state index in [9.17, 15) is 0 Å². The van der Waals surface area contributed by atoms with Crippen molar-refractivity contribution in [2.45, 2.75) is 6.29 Å². The van der Waals surface area contributed by atoms with Gasteiger partial charge in [-0.05, 0) is 11.5 Å². The predicted molar refractivity (Wildman–Crippen MR) is 54.3 cm³/mol. The van der Waals surface area contributed by atoms with E-state index < -0.39 is 0 Å². The summed E-state index contributed by atoms with van der Waals surface area (Å²) in [6, 6.07) is 14.2. The Morgan fingerprint density at radius 3 is 2.71 bits per heavy atom. The van der Waals surface area contributed by atoms with Gasteiger partial charge in [0.2, 0.25) is 6.29 Å². The Hall–Kier alpha value is -1.54. The molecule has 1 unspecified atom stereocenters. The van der Waals surface area contributed by atoms with Crippen LogP contribution < -0.4 is 4.74 Å². The SMILES string of the molecule is c1ccc2c(OC3CO3)cccc2c1. The normalized spacial score (nSPS) is 19.6. The molecule has 1 heterocycles. The van der Waals surface area contributed by atoms with E-state index in [2.05, 4.69) is 18.2 Å². The molecule has 0 bridgehead atoms. The van der Waals surface area contributed by atoms with Gasteiger partial charge in [-0.3, -0.25) is 0 Å². The Bertz CT molecular complexity index is 455. The van der Waals surface area contributed by atoms with E-state index in [1.165, 1.54) is 5.39 Å². The Balaban J connectivity index is 2.11. The summed E-state index contributed by atoms with van der Waals surface area (Å²) < 4.78 is 10.7. The van der Waals surface area contributed by atoms with Crippen molar-refractivity contribution in [3.63, 3.8) is 0 Å². The Kier molecular flexibility index (Phi) is 1.67. The lowest BCUT2D eigenvalue weighted by Gasteiger charge is -2.05. The summed E-state index contributed by atoms with van der Waals surface area (Å²) in [5.41, 5.74) is 0. The average molecular weight is 186 g/mol. The highest BCUT2D eigenvalue weighted by atomic mass is 16.8. The van der Waals surface area contributed by atoms with Crippen LogP contribution in [0.4, 0.5) is 0 Å². The van der Waals surface area contributed by atoms with Crippen molar-refractivity contribution in [2.75, 3.05) is 6.61 Å². The number of epoxide rings is 1. The van der Waals surface area contributed by atoms with Gasteiger partial charge in [-0.25, -0.2) is 0 Å². The Morgan fingerprint density at radius 2 is 1.86 bits per heavy atom. The Labute approximate surface area is 82.1 Å². The maximum Gasteiger partial charge on any atom is 0.223 e. The van der Waals surface area contributed by atoms with Gasteiger partial charge in [0.1, 0.15) is 12.4 Å². The van der Waals surface area contributed by atoms with Gasteiger partial charge in [0.05, 0.1) is 0 Å². The molecule has 2 heteroatoms. The molecule has 70 valence electrons. The lowest BCUT2D eigenvalue weighted by atomic mass is 10.1. The van der Waals surface area contributed by atoms with Crippen molar-refractivity contribution in [2.24, 2.45) is 0 Å². The molecule has 0 N–H and O–H groups in total. The summed E-state index contributed by atoms with van der Waals surface area (Å²) in [6.45, 7) is 0.712. The molecule has 3 rings (SSSR count). The minimum Gasteiger partial charge on any atom is -0.462 e. The van der Waals surface area contributed by atoms with Gasteiger partial charge >= 0.3 is 0 Å². The molecule has 0 radical (unpaired) electrons. The fourth-order valence-corrected chi connectivity index (χ4v) is 1.55. The average Bonchev–Trinajstić information content (AvgIpc) is 3.03. The quantitative estimate of drug-likeness (QED) is 0.672. The van der Waals surface area contributed by atoms with Crippen molar-refractivity contribution in [1.29, 1.82) is 0 Å². The minimum absolute atomic E-state index is 0.0270. The van der Waals surface area contributed by atoms with E-state index >= 15 is 0 Å². The third kappa shape index (κ3) is 1.34. The first-order valence-electron chi connectivity index (χ1n) is 4.69. The molecule has 1 saturated heterocycles. The highest BCUT2D eigenvalue weighted by molar-refractivity contribution is 5.88. The molecule has 2 aromatic carbocycles. The second-order valence-corrected chi connectivity index (χ2v) is 3.36. The van der Waals surface area contributed by atoms with Gasteiger partial charge in [0.15, 0.2) is 0 Å². The predicted octanol–water partition coefficient (Wildman–Crippen LogP) is 2.57. The molecule has 0 spiro atoms. The minimum atomic E-state index is -0.0270. The van der Waals surface area contributed by atoms with E-state index in [4.69, 9.17) is 9.47 Å². The van der Waals surface area contributed by atoms with Crippen molar-refractivity contribution in [3.8, 4) is 5.75 Å². The van der Waals surface area contributed by atoms with Crippen LogP contribution in [0.5, 0.6) is 5.75 Å². The molecule has 0 aromatic heterocycles. The van der Waals surface area contributed by atoms with E-state index in [1.54, 1.807) is 0 Å². The zero-order chi connectivity index (χ0) is 9.38. The number of rotatable bonds is 2. The van der Waals surface area contributed by atoms with Crippen LogP contribution in [0.2, 0.25) is 0 Å². The van der Waals surface area contributed by atoms with Crippen LogP contribution in [0.25, 0.3) is 10.8 Å². The molecule has 2 aromatic rings. The molecule has 1 aliphatic rings. The van der Waals surface area contributed by atoms with Gasteiger partial charge < -0.3 is 9.47 Å². The lowest BCUT2D eigenvalue weighted by Crippen LogP contribution is -1.97. The van der Waals surface area contributed by atoms with Crippen molar-refractivity contribution in [3.05, 3.63) is 42.5 Å². The molecule has 2 nitrogen and oxygen atoms in total. The number of fused-ring (bicyclic) bond motifs is 1. The second-order valence-electron chi connectivity index (χ2n) is 3.36. The van der Waals surface area contributed by atoms with Crippen LogP contribution in [0, 0.1) is 0 Å². The van der Waals surface area contributed by atoms with Crippen LogP contribution in [-0.4, -0.2) is 12.9 Å². The van der Waals surface area contributed by atoms with Gasteiger partial charge in [0, 0.05) is 5.39 Å². The maximum atomic E-state index is 5.62. The van der Waals surface area contributed by atoms with Gasteiger partial charge in [-0.15, -0.1) is 0 Å². The molecule has 1 fully saturated rings. The zero-order valence-electron chi connectivity index (χ0n) is 7.64. The number of ether oxygens (including phenoxy) is 2. The first kappa shape index (κ1) is 7.83. The van der Waals surface area contributed by atoms with Crippen LogP contribution >= 0.6 is 0 Å². The topological polar surface area (TPSA) is 21.8 Å². The smallest absolute Gasteiger partial charge is 0.223 e. The first-order valence-corrected chi connectivity index (χ1v) is 4.69. The maximum absolute atomic E-state index is 5.62. The molecule has 0 aliphatic carbocycles. The zero-order valence-corrected chi connectivity index (χ0v) is 7.64. The summed E-state index contributed by atoms with van der Waals surface area (Å²) in [5.74, 6) is 0.908. The molecule has 1 atom stereocenters. The van der Waals surface area contributed by atoms with Crippen LogP contribution in [0.1, 0.15) is 0 Å². The van der Waals surface area contributed by atoms with Gasteiger partial charge in [-0.2, -0.15) is 0 Å². The first-order chi connectivity index (χ1) is 6.93. The van der Waals surface area contributed by atoms with Crippen molar-refractivity contribution >= 4 is 10.8 Å². The standard InChI is InChI=1S/C12H10O2/c1-2-6-10-9(4-1)5-3-7-11(10)14-12-8-13-12/h1-7,12H,8H2. The monoisotopic (exact) mass is 186 g/mol. The number of hydrogen-bond acceptors (Lipinski definition) is 2. The third-order valence-corrected chi connectivity index (χ3v) is 2.31. The fourth-order valence-electron chi connectivity index (χ4n) is 1.55. The Morgan fingerprint density at radius 1 is 1.07 bits per heavy atom. The highest BCUT2D eigenvalue weighted by Crippen LogP contribution is 2.28. The van der Waals surface area contributed by atoms with Gasteiger partial charge in [-0.1, -0.05) is 36.4 Å². The summed E-state index contributed by atoms with van der Waals surface area (Å²) in [4.78, 5) is 0. The molecular weight excluding hydrogens is 176 g/mol. The number of hydrogen-bond donors (Lipinski definition) is 0. The molecule has 0 amide bonds. The fraction of sp³-hybridized carbons (Fsp3) is 0.167. The van der Waals surface area contributed by atoms with E-state index in [-0.39, 0.29) is 6.29 Å². The third-order valence-electron chi connectivity index (χ3n) is 2.31. The van der Waals surface area contributed by atoms with Gasteiger partial charge in [0.25, 0.3) is 0 Å². The van der Waals surface area contributed by atoms with Crippen LogP contribution in [0.3, 0.4) is 0 Å². The van der Waals surface area contributed by atoms with Crippen LogP contribution in [-0.2, 0) is 4.74 Å². The van der Waals surface area contributed by atoms with Crippen molar-refractivity contribution < 1.29 is 9.47 Å². The summed E-state index contributed by atoms with van der Waals surface area (Å²) in [6.07, 6.45) is -0.0270. The molecule has 1 aliphatic heterocycles. The van der Waals surface area contributed by atoms with Crippen LogP contribution in [0.15, 0.2) is 42.5 Å². The largest absolute Gasteiger partial charge is 0.462 e. The molecular formula is C12H10O2.